The van der Waals surface area contributed by atoms with Crippen LogP contribution in [-0.2, 0) is 0 Å². The molecule has 0 bridgehead atoms. The van der Waals surface area contributed by atoms with Gasteiger partial charge in [-0.2, -0.15) is 0 Å². The number of fused-ring (bicyclic) bond motifs is 2. The lowest BCUT2D eigenvalue weighted by Crippen LogP contribution is -2.41. The van der Waals surface area contributed by atoms with E-state index in [2.05, 4.69) is 26.8 Å². The standard InChI is InChI=1S/C20H15BrN2O4/c1-10-13-5-3-4-6-15(13)26-17(10)19(24)22-23-20(25)18-11(2)14-9-12(21)7-8-16(14)27-18/h3-9H,1-2H3,(H,22,24)(H,23,25). The summed E-state index contributed by atoms with van der Waals surface area (Å²) in [7, 11) is 0. The van der Waals surface area contributed by atoms with E-state index in [1.807, 2.05) is 30.3 Å². The van der Waals surface area contributed by atoms with Crippen molar-refractivity contribution in [3.63, 3.8) is 0 Å². The summed E-state index contributed by atoms with van der Waals surface area (Å²) in [5.74, 6) is -0.776. The van der Waals surface area contributed by atoms with Crippen molar-refractivity contribution in [3.05, 3.63) is 69.6 Å². The van der Waals surface area contributed by atoms with Crippen LogP contribution >= 0.6 is 15.9 Å². The van der Waals surface area contributed by atoms with Crippen LogP contribution < -0.4 is 10.9 Å². The minimum Gasteiger partial charge on any atom is -0.451 e. The second kappa shape index (κ2) is 6.59. The first-order chi connectivity index (χ1) is 13.0. The Morgan fingerprint density at radius 1 is 0.815 bits per heavy atom. The molecule has 27 heavy (non-hydrogen) atoms. The van der Waals surface area contributed by atoms with E-state index >= 15 is 0 Å². The van der Waals surface area contributed by atoms with Crippen LogP contribution in [0.1, 0.15) is 32.2 Å². The molecule has 0 aliphatic carbocycles. The maximum atomic E-state index is 12.5. The number of nitrogens with one attached hydrogen (secondary N) is 2. The zero-order valence-electron chi connectivity index (χ0n) is 14.6. The predicted molar refractivity (Wildman–Crippen MR) is 105 cm³/mol. The molecular weight excluding hydrogens is 412 g/mol. The van der Waals surface area contributed by atoms with Crippen molar-refractivity contribution in [3.8, 4) is 0 Å². The van der Waals surface area contributed by atoms with Crippen molar-refractivity contribution in [2.24, 2.45) is 0 Å². The van der Waals surface area contributed by atoms with E-state index in [4.69, 9.17) is 8.83 Å². The Kier molecular flexibility index (Phi) is 4.24. The molecule has 0 aliphatic heterocycles. The third-order valence-electron chi connectivity index (χ3n) is 4.44. The zero-order valence-corrected chi connectivity index (χ0v) is 16.1. The fraction of sp³-hybridized carbons (Fsp3) is 0.100. The van der Waals surface area contributed by atoms with Crippen LogP contribution in [-0.4, -0.2) is 11.8 Å². The van der Waals surface area contributed by atoms with Crippen molar-refractivity contribution >= 4 is 49.7 Å². The normalized spacial score (nSPS) is 11.1. The molecule has 4 rings (SSSR count). The van der Waals surface area contributed by atoms with Gasteiger partial charge in [0.15, 0.2) is 11.5 Å². The van der Waals surface area contributed by atoms with Crippen molar-refractivity contribution in [2.45, 2.75) is 13.8 Å². The fourth-order valence-corrected chi connectivity index (χ4v) is 3.39. The number of benzene rings is 2. The molecule has 7 heteroatoms. The minimum absolute atomic E-state index is 0.143. The number of halogens is 1. The van der Waals surface area contributed by atoms with Gasteiger partial charge in [0.05, 0.1) is 0 Å². The maximum Gasteiger partial charge on any atom is 0.305 e. The van der Waals surface area contributed by atoms with Crippen molar-refractivity contribution in [2.75, 3.05) is 0 Å². The molecule has 4 aromatic rings. The second-order valence-corrected chi connectivity index (χ2v) is 7.07. The number of hydrazine groups is 1. The number of carbonyl (C=O) groups is 2. The molecule has 0 saturated carbocycles. The summed E-state index contributed by atoms with van der Waals surface area (Å²) in [6, 6.07) is 12.8. The van der Waals surface area contributed by atoms with Crippen LogP contribution in [0.3, 0.4) is 0 Å². The van der Waals surface area contributed by atoms with Gasteiger partial charge in [0.1, 0.15) is 11.2 Å². The Labute approximate surface area is 162 Å². The molecule has 2 heterocycles. The smallest absolute Gasteiger partial charge is 0.305 e. The van der Waals surface area contributed by atoms with Crippen LogP contribution in [0.15, 0.2) is 55.8 Å². The zero-order chi connectivity index (χ0) is 19.1. The first kappa shape index (κ1) is 17.4. The number of rotatable bonds is 2. The Morgan fingerprint density at radius 2 is 1.37 bits per heavy atom. The largest absolute Gasteiger partial charge is 0.451 e. The summed E-state index contributed by atoms with van der Waals surface area (Å²) >= 11 is 3.40. The highest BCUT2D eigenvalue weighted by molar-refractivity contribution is 9.10. The van der Waals surface area contributed by atoms with E-state index in [0.29, 0.717) is 22.3 Å². The molecule has 0 radical (unpaired) electrons. The van der Waals surface area contributed by atoms with Gasteiger partial charge < -0.3 is 8.83 Å². The summed E-state index contributed by atoms with van der Waals surface area (Å²) in [6.07, 6.45) is 0. The summed E-state index contributed by atoms with van der Waals surface area (Å²) in [4.78, 5) is 24.9. The van der Waals surface area contributed by atoms with E-state index in [-0.39, 0.29) is 11.5 Å². The van der Waals surface area contributed by atoms with E-state index in [0.717, 1.165) is 15.2 Å². The molecule has 0 saturated heterocycles. The molecule has 0 aliphatic rings. The van der Waals surface area contributed by atoms with Crippen LogP contribution in [0, 0.1) is 13.8 Å². The monoisotopic (exact) mass is 426 g/mol. The van der Waals surface area contributed by atoms with Crippen LogP contribution in [0.2, 0.25) is 0 Å². The van der Waals surface area contributed by atoms with Gasteiger partial charge in [0, 0.05) is 26.4 Å². The first-order valence-electron chi connectivity index (χ1n) is 8.23. The van der Waals surface area contributed by atoms with Gasteiger partial charge in [0.25, 0.3) is 0 Å². The van der Waals surface area contributed by atoms with Gasteiger partial charge in [-0.05, 0) is 38.1 Å². The van der Waals surface area contributed by atoms with E-state index in [1.54, 1.807) is 26.0 Å². The molecule has 6 nitrogen and oxygen atoms in total. The Hall–Kier alpha value is -3.06. The molecule has 2 aromatic carbocycles. The van der Waals surface area contributed by atoms with Gasteiger partial charge in [-0.1, -0.05) is 34.1 Å². The number of para-hydroxylation sites is 1. The number of carbonyl (C=O) groups excluding carboxylic acids is 2. The van der Waals surface area contributed by atoms with Crippen molar-refractivity contribution < 1.29 is 18.4 Å². The quantitative estimate of drug-likeness (QED) is 0.457. The molecule has 2 N–H and O–H groups in total. The number of hydrogen-bond donors (Lipinski definition) is 2. The molecule has 0 atom stereocenters. The van der Waals surface area contributed by atoms with Crippen LogP contribution in [0.4, 0.5) is 0 Å². The number of aryl methyl sites for hydroxylation is 2. The number of furan rings is 2. The van der Waals surface area contributed by atoms with Gasteiger partial charge in [-0.3, -0.25) is 20.4 Å². The van der Waals surface area contributed by atoms with Gasteiger partial charge in [-0.15, -0.1) is 0 Å². The van der Waals surface area contributed by atoms with Gasteiger partial charge in [-0.25, -0.2) is 0 Å². The van der Waals surface area contributed by atoms with E-state index < -0.39 is 11.8 Å². The SMILES string of the molecule is Cc1c(C(=O)NNC(=O)c2oc3ccc(Br)cc3c2C)oc2ccccc12. The van der Waals surface area contributed by atoms with Crippen molar-refractivity contribution in [1.29, 1.82) is 0 Å². The minimum atomic E-state index is -0.540. The van der Waals surface area contributed by atoms with Gasteiger partial charge >= 0.3 is 11.8 Å². The highest BCUT2D eigenvalue weighted by Crippen LogP contribution is 2.28. The third kappa shape index (κ3) is 3.00. The molecule has 2 aromatic heterocycles. The van der Waals surface area contributed by atoms with Crippen LogP contribution in [0.25, 0.3) is 21.9 Å². The average molecular weight is 427 g/mol. The lowest BCUT2D eigenvalue weighted by atomic mass is 10.1. The van der Waals surface area contributed by atoms with E-state index in [9.17, 15) is 9.59 Å². The summed E-state index contributed by atoms with van der Waals surface area (Å²) in [5.41, 5.74) is 7.38. The molecular formula is C20H15BrN2O4. The Bertz CT molecular complexity index is 1210. The second-order valence-electron chi connectivity index (χ2n) is 6.16. The third-order valence-corrected chi connectivity index (χ3v) is 4.94. The summed E-state index contributed by atoms with van der Waals surface area (Å²) in [5, 5.41) is 1.68. The number of hydrogen-bond acceptors (Lipinski definition) is 4. The van der Waals surface area contributed by atoms with Crippen molar-refractivity contribution in [1.82, 2.24) is 10.9 Å². The Balaban J connectivity index is 1.54. The topological polar surface area (TPSA) is 84.5 Å². The van der Waals surface area contributed by atoms with Gasteiger partial charge in [0.2, 0.25) is 0 Å². The predicted octanol–water partition coefficient (Wildman–Crippen LogP) is 4.63. The first-order valence-corrected chi connectivity index (χ1v) is 9.02. The molecule has 0 unspecified atom stereocenters. The molecule has 0 fully saturated rings. The summed E-state index contributed by atoms with van der Waals surface area (Å²) < 4.78 is 12.1. The molecule has 0 spiro atoms. The highest BCUT2D eigenvalue weighted by Gasteiger charge is 2.21. The maximum absolute atomic E-state index is 12.5. The summed E-state index contributed by atoms with van der Waals surface area (Å²) in [6.45, 7) is 3.59. The van der Waals surface area contributed by atoms with Crippen LogP contribution in [0.5, 0.6) is 0 Å². The molecule has 136 valence electrons. The highest BCUT2D eigenvalue weighted by atomic mass is 79.9. The average Bonchev–Trinajstić information content (AvgIpc) is 3.17. The lowest BCUT2D eigenvalue weighted by molar-refractivity contribution is 0.0818. The van der Waals surface area contributed by atoms with E-state index in [1.165, 1.54) is 0 Å². The fourth-order valence-electron chi connectivity index (χ4n) is 3.03. The Morgan fingerprint density at radius 3 is 2.00 bits per heavy atom. The molecule has 2 amide bonds. The lowest BCUT2D eigenvalue weighted by Gasteiger charge is -2.05. The number of amides is 2.